The Morgan fingerprint density at radius 1 is 0.947 bits per heavy atom. The highest BCUT2D eigenvalue weighted by Gasteiger charge is 2.11. The maximum Gasteiger partial charge on any atom is 0.238 e. The SMILES string of the molecule is Nc1c2ccccc2nc2ccc(S(N)(=O)=O)cc12. The summed E-state index contributed by atoms with van der Waals surface area (Å²) >= 11 is 0. The molecule has 0 saturated carbocycles. The first kappa shape index (κ1) is 11.9. The van der Waals surface area contributed by atoms with E-state index in [0.717, 1.165) is 10.9 Å². The number of nitrogen functional groups attached to an aromatic ring is 1. The van der Waals surface area contributed by atoms with E-state index in [1.54, 1.807) is 6.07 Å². The number of fused-ring (bicyclic) bond motifs is 2. The van der Waals surface area contributed by atoms with Gasteiger partial charge in [0.2, 0.25) is 10.0 Å². The molecule has 1 heterocycles. The van der Waals surface area contributed by atoms with Gasteiger partial charge in [0.1, 0.15) is 0 Å². The fraction of sp³-hybridized carbons (Fsp3) is 0. The van der Waals surface area contributed by atoms with Gasteiger partial charge in [0, 0.05) is 10.8 Å². The number of hydrogen-bond acceptors (Lipinski definition) is 4. The zero-order valence-corrected chi connectivity index (χ0v) is 10.7. The smallest absolute Gasteiger partial charge is 0.238 e. The molecular weight excluding hydrogens is 262 g/mol. The molecule has 1 aromatic heterocycles. The lowest BCUT2D eigenvalue weighted by molar-refractivity contribution is 0.598. The average molecular weight is 273 g/mol. The number of anilines is 1. The molecule has 0 spiro atoms. The molecule has 3 aromatic rings. The highest BCUT2D eigenvalue weighted by Crippen LogP contribution is 2.29. The van der Waals surface area contributed by atoms with E-state index in [0.29, 0.717) is 16.6 Å². The molecule has 0 aliphatic carbocycles. The van der Waals surface area contributed by atoms with Gasteiger partial charge in [0.05, 0.1) is 21.6 Å². The maximum absolute atomic E-state index is 11.4. The number of nitrogens with zero attached hydrogens (tertiary/aromatic N) is 1. The van der Waals surface area contributed by atoms with E-state index in [1.165, 1.54) is 12.1 Å². The van der Waals surface area contributed by atoms with E-state index < -0.39 is 10.0 Å². The summed E-state index contributed by atoms with van der Waals surface area (Å²) in [6, 6.07) is 11.9. The molecule has 6 heteroatoms. The standard InChI is InChI=1S/C13H11N3O2S/c14-13-9-3-1-2-4-11(9)16-12-6-5-8(7-10(12)13)19(15,17)18/h1-7H,(H2,14,16)(H2,15,17,18). The van der Waals surface area contributed by atoms with Crippen molar-refractivity contribution in [2.45, 2.75) is 4.90 Å². The van der Waals surface area contributed by atoms with Crippen LogP contribution in [-0.4, -0.2) is 13.4 Å². The fourth-order valence-electron chi connectivity index (χ4n) is 2.08. The van der Waals surface area contributed by atoms with Crippen LogP contribution in [-0.2, 0) is 10.0 Å². The molecule has 4 N–H and O–H groups in total. The number of nitrogens with two attached hydrogens (primary N) is 2. The molecule has 19 heavy (non-hydrogen) atoms. The van der Waals surface area contributed by atoms with Crippen LogP contribution in [0.2, 0.25) is 0 Å². The molecule has 0 unspecified atom stereocenters. The van der Waals surface area contributed by atoms with E-state index in [1.807, 2.05) is 24.3 Å². The number of benzene rings is 2. The van der Waals surface area contributed by atoms with Gasteiger partial charge in [0.15, 0.2) is 0 Å². The molecule has 0 radical (unpaired) electrons. The lowest BCUT2D eigenvalue weighted by Crippen LogP contribution is -2.12. The summed E-state index contributed by atoms with van der Waals surface area (Å²) in [7, 11) is -3.75. The second kappa shape index (κ2) is 3.91. The third kappa shape index (κ3) is 1.91. The Labute approximate surface area is 109 Å². The van der Waals surface area contributed by atoms with Crippen molar-refractivity contribution >= 4 is 37.5 Å². The molecule has 3 rings (SSSR count). The Morgan fingerprint density at radius 3 is 2.37 bits per heavy atom. The number of rotatable bonds is 1. The summed E-state index contributed by atoms with van der Waals surface area (Å²) in [6.45, 7) is 0. The van der Waals surface area contributed by atoms with Crippen LogP contribution < -0.4 is 10.9 Å². The quantitative estimate of drug-likeness (QED) is 0.658. The number of primary sulfonamides is 1. The molecule has 0 atom stereocenters. The Hall–Kier alpha value is -2.18. The van der Waals surface area contributed by atoms with E-state index in [2.05, 4.69) is 4.98 Å². The largest absolute Gasteiger partial charge is 0.398 e. The molecule has 0 amide bonds. The normalized spacial score (nSPS) is 12.1. The predicted molar refractivity (Wildman–Crippen MR) is 75.0 cm³/mol. The van der Waals surface area contributed by atoms with Gasteiger partial charge in [-0.15, -0.1) is 0 Å². The molecule has 0 aliphatic heterocycles. The number of sulfonamides is 1. The van der Waals surface area contributed by atoms with Gasteiger partial charge in [-0.1, -0.05) is 18.2 Å². The average Bonchev–Trinajstić information content (AvgIpc) is 2.37. The van der Waals surface area contributed by atoms with Gasteiger partial charge in [-0.05, 0) is 24.3 Å². The Balaban J connectivity index is 2.46. The number of aromatic nitrogens is 1. The topological polar surface area (TPSA) is 99.1 Å². The predicted octanol–water partition coefficient (Wildman–Crippen LogP) is 1.62. The Kier molecular flexibility index (Phi) is 2.44. The maximum atomic E-state index is 11.4. The zero-order valence-electron chi connectivity index (χ0n) is 9.87. The van der Waals surface area contributed by atoms with Crippen LogP contribution >= 0.6 is 0 Å². The molecule has 0 fully saturated rings. The Morgan fingerprint density at radius 2 is 1.63 bits per heavy atom. The van der Waals surface area contributed by atoms with Crippen molar-refractivity contribution in [3.8, 4) is 0 Å². The lowest BCUT2D eigenvalue weighted by Gasteiger charge is -2.07. The minimum atomic E-state index is -3.75. The summed E-state index contributed by atoms with van der Waals surface area (Å²) in [4.78, 5) is 4.48. The molecule has 0 bridgehead atoms. The minimum Gasteiger partial charge on any atom is -0.398 e. The van der Waals surface area contributed by atoms with E-state index in [4.69, 9.17) is 10.9 Å². The molecule has 5 nitrogen and oxygen atoms in total. The first-order chi connectivity index (χ1) is 8.97. The van der Waals surface area contributed by atoms with Crippen LogP contribution in [0.3, 0.4) is 0 Å². The van der Waals surface area contributed by atoms with E-state index >= 15 is 0 Å². The Bertz CT molecular complexity index is 904. The molecule has 0 aliphatic rings. The number of pyridine rings is 1. The summed E-state index contributed by atoms with van der Waals surface area (Å²) in [5.74, 6) is 0. The number of para-hydroxylation sites is 1. The summed E-state index contributed by atoms with van der Waals surface area (Å²) < 4.78 is 22.7. The number of hydrogen-bond donors (Lipinski definition) is 2. The van der Waals surface area contributed by atoms with Crippen LogP contribution in [0.15, 0.2) is 47.4 Å². The van der Waals surface area contributed by atoms with Crippen LogP contribution in [0.25, 0.3) is 21.8 Å². The summed E-state index contributed by atoms with van der Waals surface area (Å²) in [6.07, 6.45) is 0. The van der Waals surface area contributed by atoms with Gasteiger partial charge in [0.25, 0.3) is 0 Å². The van der Waals surface area contributed by atoms with Gasteiger partial charge in [-0.2, -0.15) is 0 Å². The molecule has 0 saturated heterocycles. The third-order valence-corrected chi connectivity index (χ3v) is 3.93. The van der Waals surface area contributed by atoms with Crippen LogP contribution in [0, 0.1) is 0 Å². The van der Waals surface area contributed by atoms with Crippen molar-refractivity contribution in [3.63, 3.8) is 0 Å². The van der Waals surface area contributed by atoms with Gasteiger partial charge >= 0.3 is 0 Å². The molecule has 96 valence electrons. The fourth-order valence-corrected chi connectivity index (χ4v) is 2.62. The second-order valence-corrected chi connectivity index (χ2v) is 5.83. The first-order valence-electron chi connectivity index (χ1n) is 5.57. The van der Waals surface area contributed by atoms with Gasteiger partial charge < -0.3 is 5.73 Å². The highest BCUT2D eigenvalue weighted by molar-refractivity contribution is 7.89. The monoisotopic (exact) mass is 273 g/mol. The van der Waals surface area contributed by atoms with Crippen molar-refractivity contribution in [3.05, 3.63) is 42.5 Å². The minimum absolute atomic E-state index is 0.0313. The van der Waals surface area contributed by atoms with E-state index in [9.17, 15) is 8.42 Å². The zero-order chi connectivity index (χ0) is 13.6. The highest BCUT2D eigenvalue weighted by atomic mass is 32.2. The third-order valence-electron chi connectivity index (χ3n) is 3.02. The van der Waals surface area contributed by atoms with Gasteiger partial charge in [-0.3, -0.25) is 0 Å². The lowest BCUT2D eigenvalue weighted by atomic mass is 10.1. The van der Waals surface area contributed by atoms with Crippen LogP contribution in [0.1, 0.15) is 0 Å². The van der Waals surface area contributed by atoms with Crippen molar-refractivity contribution < 1.29 is 8.42 Å². The van der Waals surface area contributed by atoms with E-state index in [-0.39, 0.29) is 4.90 Å². The van der Waals surface area contributed by atoms with Crippen molar-refractivity contribution in [2.24, 2.45) is 5.14 Å². The second-order valence-electron chi connectivity index (χ2n) is 4.27. The van der Waals surface area contributed by atoms with Gasteiger partial charge in [-0.25, -0.2) is 18.5 Å². The molecular formula is C13H11N3O2S. The van der Waals surface area contributed by atoms with Crippen LogP contribution in [0.5, 0.6) is 0 Å². The first-order valence-corrected chi connectivity index (χ1v) is 7.12. The summed E-state index contributed by atoms with van der Waals surface area (Å²) in [5, 5.41) is 6.50. The van der Waals surface area contributed by atoms with Crippen molar-refractivity contribution in [1.82, 2.24) is 4.98 Å². The van der Waals surface area contributed by atoms with Crippen molar-refractivity contribution in [1.29, 1.82) is 0 Å². The molecule has 2 aromatic carbocycles. The summed E-state index contributed by atoms with van der Waals surface area (Å²) in [5.41, 5.74) is 8.01. The van der Waals surface area contributed by atoms with Crippen LogP contribution in [0.4, 0.5) is 5.69 Å². The van der Waals surface area contributed by atoms with Crippen molar-refractivity contribution in [2.75, 3.05) is 5.73 Å².